The summed E-state index contributed by atoms with van der Waals surface area (Å²) in [6.07, 6.45) is 2.10. The molecule has 0 aliphatic heterocycles. The summed E-state index contributed by atoms with van der Waals surface area (Å²) in [6, 6.07) is 17.1. The molecule has 98 valence electrons. The van der Waals surface area contributed by atoms with Crippen LogP contribution in [0.25, 0.3) is 22.5 Å². The third-order valence-electron chi connectivity index (χ3n) is 4.04. The molecular weight excluding hydrogens is 246 g/mol. The van der Waals surface area contributed by atoms with Gasteiger partial charge in [0.1, 0.15) is 5.69 Å². The first-order valence-electron chi connectivity index (χ1n) is 6.91. The number of hydrogen-bond donors (Lipinski definition) is 0. The van der Waals surface area contributed by atoms with Crippen LogP contribution in [0.5, 0.6) is 0 Å². The van der Waals surface area contributed by atoms with Crippen LogP contribution in [0.15, 0.2) is 48.5 Å². The maximum Gasteiger partial charge on any atom is 0.121 e. The molecule has 0 radical (unpaired) electrons. The first-order chi connectivity index (χ1) is 9.84. The fourth-order valence-electron chi connectivity index (χ4n) is 3.05. The van der Waals surface area contributed by atoms with Crippen molar-refractivity contribution in [1.82, 2.24) is 15.0 Å². The Balaban J connectivity index is 2.08. The van der Waals surface area contributed by atoms with E-state index in [1.54, 1.807) is 0 Å². The van der Waals surface area contributed by atoms with Gasteiger partial charge in [0.15, 0.2) is 0 Å². The predicted octanol–water partition coefficient (Wildman–Crippen LogP) is 3.25. The third kappa shape index (κ3) is 1.59. The Kier molecular flexibility index (Phi) is 2.46. The van der Waals surface area contributed by atoms with Gasteiger partial charge in [0, 0.05) is 18.2 Å². The molecule has 0 atom stereocenters. The second-order valence-corrected chi connectivity index (χ2v) is 5.22. The van der Waals surface area contributed by atoms with Crippen molar-refractivity contribution in [3.63, 3.8) is 0 Å². The molecule has 2 aromatic carbocycles. The molecule has 0 fully saturated rings. The van der Waals surface area contributed by atoms with Crippen LogP contribution in [0.1, 0.15) is 11.1 Å². The van der Waals surface area contributed by atoms with Crippen LogP contribution in [-0.4, -0.2) is 15.0 Å². The van der Waals surface area contributed by atoms with E-state index in [4.69, 9.17) is 0 Å². The second kappa shape index (κ2) is 4.30. The zero-order chi connectivity index (χ0) is 13.5. The van der Waals surface area contributed by atoms with E-state index in [0.29, 0.717) is 0 Å². The summed E-state index contributed by atoms with van der Waals surface area (Å²) in [5, 5.41) is 8.66. The van der Waals surface area contributed by atoms with Gasteiger partial charge in [-0.1, -0.05) is 53.7 Å². The van der Waals surface area contributed by atoms with Gasteiger partial charge in [-0.15, -0.1) is 5.10 Å². The molecule has 4 rings (SSSR count). The zero-order valence-corrected chi connectivity index (χ0v) is 11.4. The minimum Gasteiger partial charge on any atom is -0.247 e. The molecule has 0 amide bonds. The quantitative estimate of drug-likeness (QED) is 0.622. The molecule has 1 heterocycles. The molecule has 1 aliphatic rings. The summed E-state index contributed by atoms with van der Waals surface area (Å²) in [5.74, 6) is 0. The normalized spacial score (nSPS) is 12.8. The molecule has 20 heavy (non-hydrogen) atoms. The lowest BCUT2D eigenvalue weighted by molar-refractivity contribution is 0.720. The average Bonchev–Trinajstić information content (AvgIpc) is 2.85. The van der Waals surface area contributed by atoms with Crippen molar-refractivity contribution in [2.45, 2.75) is 12.8 Å². The van der Waals surface area contributed by atoms with Gasteiger partial charge in [-0.05, 0) is 24.0 Å². The van der Waals surface area contributed by atoms with Crippen molar-refractivity contribution in [3.05, 3.63) is 59.7 Å². The van der Waals surface area contributed by atoms with E-state index in [0.717, 1.165) is 24.2 Å². The molecule has 0 saturated carbocycles. The van der Waals surface area contributed by atoms with Crippen LogP contribution >= 0.6 is 0 Å². The molecule has 0 spiro atoms. The van der Waals surface area contributed by atoms with E-state index in [1.165, 1.54) is 22.3 Å². The van der Waals surface area contributed by atoms with Crippen LogP contribution < -0.4 is 0 Å². The Morgan fingerprint density at radius 2 is 1.45 bits per heavy atom. The number of aromatic nitrogens is 3. The van der Waals surface area contributed by atoms with Crippen LogP contribution in [0.4, 0.5) is 0 Å². The summed E-state index contributed by atoms with van der Waals surface area (Å²) < 4.78 is 1.89. The van der Waals surface area contributed by atoms with Gasteiger partial charge in [-0.3, -0.25) is 0 Å². The monoisotopic (exact) mass is 261 g/mol. The largest absolute Gasteiger partial charge is 0.247 e. The topological polar surface area (TPSA) is 30.7 Å². The third-order valence-corrected chi connectivity index (χ3v) is 4.04. The molecule has 0 unspecified atom stereocenters. The lowest BCUT2D eigenvalue weighted by atomic mass is 9.89. The minimum atomic E-state index is 0.996. The van der Waals surface area contributed by atoms with E-state index in [-0.39, 0.29) is 0 Å². The highest BCUT2D eigenvalue weighted by Gasteiger charge is 2.21. The zero-order valence-electron chi connectivity index (χ0n) is 11.4. The molecule has 0 saturated heterocycles. The van der Waals surface area contributed by atoms with Gasteiger partial charge < -0.3 is 0 Å². The number of rotatable bonds is 0. The van der Waals surface area contributed by atoms with Gasteiger partial charge in [0.05, 0.1) is 5.69 Å². The summed E-state index contributed by atoms with van der Waals surface area (Å²) in [6.45, 7) is 0. The molecule has 1 aromatic heterocycles. The highest BCUT2D eigenvalue weighted by Crippen LogP contribution is 2.36. The molecule has 1 aliphatic carbocycles. The first-order valence-corrected chi connectivity index (χ1v) is 6.91. The van der Waals surface area contributed by atoms with Gasteiger partial charge in [0.25, 0.3) is 0 Å². The number of fused-ring (bicyclic) bond motifs is 5. The Hall–Kier alpha value is -2.42. The predicted molar refractivity (Wildman–Crippen MR) is 79.3 cm³/mol. The van der Waals surface area contributed by atoms with Crippen molar-refractivity contribution >= 4 is 0 Å². The molecule has 0 N–H and O–H groups in total. The summed E-state index contributed by atoms with van der Waals surface area (Å²) in [4.78, 5) is 0. The summed E-state index contributed by atoms with van der Waals surface area (Å²) >= 11 is 0. The maximum atomic E-state index is 4.41. The minimum absolute atomic E-state index is 0.996. The molecule has 0 bridgehead atoms. The first kappa shape index (κ1) is 11.4. The van der Waals surface area contributed by atoms with Crippen LogP contribution in [0.3, 0.4) is 0 Å². The van der Waals surface area contributed by atoms with Crippen molar-refractivity contribution < 1.29 is 0 Å². The van der Waals surface area contributed by atoms with E-state index in [9.17, 15) is 0 Å². The fourth-order valence-corrected chi connectivity index (χ4v) is 3.05. The smallest absolute Gasteiger partial charge is 0.121 e. The molecule has 3 aromatic rings. The lowest BCUT2D eigenvalue weighted by Gasteiger charge is -2.16. The van der Waals surface area contributed by atoms with Gasteiger partial charge in [0.2, 0.25) is 0 Å². The molecule has 3 heteroatoms. The Labute approximate surface area is 117 Å². The highest BCUT2D eigenvalue weighted by atomic mass is 15.4. The van der Waals surface area contributed by atoms with Crippen molar-refractivity contribution in [3.8, 4) is 22.5 Å². The van der Waals surface area contributed by atoms with Crippen molar-refractivity contribution in [2.24, 2.45) is 7.05 Å². The standard InChI is InChI=1S/C17H15N3/c1-20-17-15-9-5-3-7-13(15)11-10-12-6-2-4-8-14(12)16(17)18-19-20/h2-9H,10-11H2,1H3. The second-order valence-electron chi connectivity index (χ2n) is 5.22. The highest BCUT2D eigenvalue weighted by molar-refractivity contribution is 5.82. The van der Waals surface area contributed by atoms with E-state index in [2.05, 4.69) is 58.8 Å². The Morgan fingerprint density at radius 1 is 0.850 bits per heavy atom. The maximum absolute atomic E-state index is 4.41. The van der Waals surface area contributed by atoms with E-state index < -0.39 is 0 Å². The average molecular weight is 261 g/mol. The lowest BCUT2D eigenvalue weighted by Crippen LogP contribution is -2.03. The van der Waals surface area contributed by atoms with Crippen LogP contribution in [0, 0.1) is 0 Å². The molecule has 3 nitrogen and oxygen atoms in total. The van der Waals surface area contributed by atoms with E-state index in [1.807, 2.05) is 11.7 Å². The number of benzene rings is 2. The number of aryl methyl sites for hydroxylation is 3. The van der Waals surface area contributed by atoms with Crippen molar-refractivity contribution in [2.75, 3.05) is 0 Å². The van der Waals surface area contributed by atoms with Gasteiger partial charge >= 0.3 is 0 Å². The SMILES string of the molecule is Cn1nnc2c1-c1ccccc1CCc1ccccc1-2. The van der Waals surface area contributed by atoms with E-state index >= 15 is 0 Å². The number of nitrogens with zero attached hydrogens (tertiary/aromatic N) is 3. The summed E-state index contributed by atoms with van der Waals surface area (Å²) in [5.41, 5.74) is 7.30. The Morgan fingerprint density at radius 3 is 2.20 bits per heavy atom. The van der Waals surface area contributed by atoms with Crippen LogP contribution in [0.2, 0.25) is 0 Å². The fraction of sp³-hybridized carbons (Fsp3) is 0.176. The van der Waals surface area contributed by atoms with Crippen molar-refractivity contribution in [1.29, 1.82) is 0 Å². The van der Waals surface area contributed by atoms with Gasteiger partial charge in [-0.25, -0.2) is 4.68 Å². The Bertz CT molecular complexity index is 786. The summed E-state index contributed by atoms with van der Waals surface area (Å²) in [7, 11) is 1.97. The molecular formula is C17H15N3. The number of hydrogen-bond acceptors (Lipinski definition) is 2. The van der Waals surface area contributed by atoms with Gasteiger partial charge in [-0.2, -0.15) is 0 Å². The van der Waals surface area contributed by atoms with Crippen LogP contribution in [-0.2, 0) is 19.9 Å².